The first-order chi connectivity index (χ1) is 17.7. The highest BCUT2D eigenvalue weighted by molar-refractivity contribution is 6.35. The van der Waals surface area contributed by atoms with Crippen LogP contribution in [0.25, 0.3) is 0 Å². The quantitative estimate of drug-likeness (QED) is 0.487. The molecule has 0 radical (unpaired) electrons. The summed E-state index contributed by atoms with van der Waals surface area (Å²) in [5.74, 6) is -0.336. The second-order valence-corrected chi connectivity index (χ2v) is 11.6. The number of anilines is 1. The highest BCUT2D eigenvalue weighted by Crippen LogP contribution is 2.49. The molecule has 10 heteroatoms. The van der Waals surface area contributed by atoms with Gasteiger partial charge in [0.05, 0.1) is 30.9 Å². The predicted octanol–water partition coefficient (Wildman–Crippen LogP) is 3.88. The lowest BCUT2D eigenvalue weighted by Crippen LogP contribution is -2.71. The van der Waals surface area contributed by atoms with Gasteiger partial charge in [-0.2, -0.15) is 0 Å². The van der Waals surface area contributed by atoms with Crippen LogP contribution in [0.5, 0.6) is 5.75 Å². The fourth-order valence-corrected chi connectivity index (χ4v) is 5.96. The third-order valence-electron chi connectivity index (χ3n) is 8.04. The number of rotatable bonds is 1. The number of methoxy groups -OCH3 is 1. The Balaban J connectivity index is 1.73. The van der Waals surface area contributed by atoms with E-state index in [0.717, 1.165) is 11.1 Å². The standard InChI is InChI=1S/C28H37ClN2O7/c1-16-8-7-9-17(2)28(35)14-22(37-25(34)30-28)27(4)15-26(3,38-27)21(32)13-23(33)31(5)19-11-18(10-16)12-20(36-6)24(19)29/h7-9,11-12,17,21-22,32,35H,10,13-15H2,1-6H3,(H,30,34)/b9-7+,16-8+/t17-,21+,22+,26-,27-,28+/m1/s1. The zero-order valence-electron chi connectivity index (χ0n) is 22.7. The minimum Gasteiger partial charge on any atom is -0.495 e. The Labute approximate surface area is 228 Å². The van der Waals surface area contributed by atoms with Crippen molar-refractivity contribution in [1.29, 1.82) is 0 Å². The molecule has 6 bridgehead atoms. The van der Waals surface area contributed by atoms with Crippen LogP contribution in [0.1, 0.15) is 52.5 Å². The van der Waals surface area contributed by atoms with Crippen molar-refractivity contribution in [3.63, 3.8) is 0 Å². The van der Waals surface area contributed by atoms with E-state index in [1.807, 2.05) is 44.2 Å². The van der Waals surface area contributed by atoms with Gasteiger partial charge >= 0.3 is 6.09 Å². The van der Waals surface area contributed by atoms with E-state index >= 15 is 0 Å². The Kier molecular flexibility index (Phi) is 7.62. The van der Waals surface area contributed by atoms with Crippen molar-refractivity contribution in [3.8, 4) is 5.75 Å². The first-order valence-electron chi connectivity index (χ1n) is 12.8. The van der Waals surface area contributed by atoms with Crippen LogP contribution in [0.3, 0.4) is 0 Å². The Bertz CT molecular complexity index is 1180. The molecule has 0 aromatic heterocycles. The summed E-state index contributed by atoms with van der Waals surface area (Å²) >= 11 is 6.58. The number of aliphatic hydroxyl groups is 2. The van der Waals surface area contributed by atoms with Gasteiger partial charge in [0.2, 0.25) is 5.91 Å². The second-order valence-electron chi connectivity index (χ2n) is 11.2. The molecule has 38 heavy (non-hydrogen) atoms. The summed E-state index contributed by atoms with van der Waals surface area (Å²) in [5, 5.41) is 25.3. The van der Waals surface area contributed by atoms with E-state index in [-0.39, 0.29) is 18.7 Å². The summed E-state index contributed by atoms with van der Waals surface area (Å²) < 4.78 is 17.2. The number of halogens is 1. The summed E-state index contributed by atoms with van der Waals surface area (Å²) in [7, 11) is 3.13. The zero-order valence-corrected chi connectivity index (χ0v) is 23.5. The summed E-state index contributed by atoms with van der Waals surface area (Å²) in [5.41, 5.74) is -1.15. The minimum atomic E-state index is -1.55. The van der Waals surface area contributed by atoms with Gasteiger partial charge in [-0.05, 0) is 44.9 Å². The largest absolute Gasteiger partial charge is 0.495 e. The van der Waals surface area contributed by atoms with Crippen LogP contribution in [-0.4, -0.2) is 65.5 Å². The van der Waals surface area contributed by atoms with E-state index in [9.17, 15) is 19.8 Å². The molecular formula is C28H37ClN2O7. The number of benzene rings is 1. The van der Waals surface area contributed by atoms with E-state index in [1.54, 1.807) is 20.9 Å². The molecule has 0 unspecified atom stereocenters. The molecule has 6 atom stereocenters. The number of hydrogen-bond donors (Lipinski definition) is 3. The van der Waals surface area contributed by atoms with Gasteiger partial charge in [0.1, 0.15) is 28.2 Å². The van der Waals surface area contributed by atoms with Crippen molar-refractivity contribution in [1.82, 2.24) is 5.32 Å². The number of carbonyl (C=O) groups is 2. The maximum Gasteiger partial charge on any atom is 0.409 e. The minimum absolute atomic E-state index is 0.0986. The maximum atomic E-state index is 13.2. The van der Waals surface area contributed by atoms with Crippen LogP contribution >= 0.6 is 11.6 Å². The van der Waals surface area contributed by atoms with Gasteiger partial charge in [-0.15, -0.1) is 0 Å². The maximum absolute atomic E-state index is 13.2. The molecule has 4 heterocycles. The van der Waals surface area contributed by atoms with Gasteiger partial charge in [-0.1, -0.05) is 42.3 Å². The lowest BCUT2D eigenvalue weighted by Gasteiger charge is -2.59. The number of aliphatic hydroxyl groups excluding tert-OH is 1. The van der Waals surface area contributed by atoms with Crippen LogP contribution in [0.2, 0.25) is 5.02 Å². The van der Waals surface area contributed by atoms with Gasteiger partial charge in [0.25, 0.3) is 0 Å². The molecule has 3 N–H and O–H groups in total. The van der Waals surface area contributed by atoms with Crippen LogP contribution in [0.4, 0.5) is 10.5 Å². The second kappa shape index (κ2) is 10.2. The third kappa shape index (κ3) is 5.30. The average molecular weight is 549 g/mol. The van der Waals surface area contributed by atoms with Crippen molar-refractivity contribution in [3.05, 3.63) is 46.5 Å². The molecule has 4 aliphatic heterocycles. The van der Waals surface area contributed by atoms with Crippen LogP contribution in [-0.2, 0) is 20.7 Å². The number of allylic oxidation sites excluding steroid dienone is 3. The normalized spacial score (nSPS) is 38.3. The van der Waals surface area contributed by atoms with E-state index in [4.69, 9.17) is 25.8 Å². The highest BCUT2D eigenvalue weighted by Gasteiger charge is 2.61. The van der Waals surface area contributed by atoms with Crippen molar-refractivity contribution in [2.45, 2.75) is 82.5 Å². The Morgan fingerprint density at radius 3 is 2.58 bits per heavy atom. The molecule has 9 nitrogen and oxygen atoms in total. The summed E-state index contributed by atoms with van der Waals surface area (Å²) in [4.78, 5) is 27.1. The molecule has 1 aromatic rings. The molecule has 0 saturated carbocycles. The molecule has 5 rings (SSSR count). The SMILES string of the molecule is COc1cc2cc(c1Cl)N(C)C(=O)C[C@H](O)[C@@]1(C)C[C@@](C)(O1)[C@@H]1C[C@@](O)(NC(=O)O1)[C@H](C)/C=C/C=C(\C)C2. The molecular weight excluding hydrogens is 512 g/mol. The Morgan fingerprint density at radius 2 is 1.92 bits per heavy atom. The molecule has 208 valence electrons. The van der Waals surface area contributed by atoms with Crippen molar-refractivity contribution in [2.24, 2.45) is 5.92 Å². The highest BCUT2D eigenvalue weighted by atomic mass is 35.5. The van der Waals surface area contributed by atoms with Crippen LogP contribution < -0.4 is 15.0 Å². The van der Waals surface area contributed by atoms with Gasteiger partial charge in [0, 0.05) is 25.8 Å². The first-order valence-corrected chi connectivity index (χ1v) is 13.1. The number of nitrogens with one attached hydrogen (secondary N) is 1. The lowest BCUT2D eigenvalue weighted by atomic mass is 9.71. The smallest absolute Gasteiger partial charge is 0.409 e. The molecule has 4 aliphatic rings. The fraction of sp³-hybridized carbons (Fsp3) is 0.571. The third-order valence-corrected chi connectivity index (χ3v) is 8.42. The number of alkyl carbamates (subject to hydrolysis) is 1. The lowest BCUT2D eigenvalue weighted by molar-refractivity contribution is -0.326. The number of ether oxygens (including phenoxy) is 3. The van der Waals surface area contributed by atoms with E-state index in [1.165, 1.54) is 12.0 Å². The monoisotopic (exact) mass is 548 g/mol. The number of nitrogens with zero attached hydrogens (tertiary/aromatic N) is 1. The van der Waals surface area contributed by atoms with Gasteiger partial charge in [-0.25, -0.2) is 4.79 Å². The van der Waals surface area contributed by atoms with Gasteiger partial charge in [-0.3, -0.25) is 10.1 Å². The van der Waals surface area contributed by atoms with Crippen molar-refractivity contribution < 1.29 is 34.0 Å². The molecule has 2 fully saturated rings. The summed E-state index contributed by atoms with van der Waals surface area (Å²) in [6.45, 7) is 7.30. The molecule has 0 aliphatic carbocycles. The van der Waals surface area contributed by atoms with E-state index in [2.05, 4.69) is 5.32 Å². The summed E-state index contributed by atoms with van der Waals surface area (Å²) in [6, 6.07) is 3.67. The van der Waals surface area contributed by atoms with Crippen molar-refractivity contribution in [2.75, 3.05) is 19.1 Å². The molecule has 0 spiro atoms. The summed E-state index contributed by atoms with van der Waals surface area (Å²) in [6.07, 6.45) is 3.78. The topological polar surface area (TPSA) is 118 Å². The van der Waals surface area contributed by atoms with Crippen LogP contribution in [0, 0.1) is 5.92 Å². The zero-order chi connectivity index (χ0) is 28.0. The van der Waals surface area contributed by atoms with Gasteiger partial charge < -0.3 is 29.3 Å². The Hall–Kier alpha value is -2.59. The Morgan fingerprint density at radius 1 is 1.24 bits per heavy atom. The first kappa shape index (κ1) is 28.4. The fourth-order valence-electron chi connectivity index (χ4n) is 5.65. The average Bonchev–Trinajstić information content (AvgIpc) is 2.82. The molecule has 2 amide bonds. The molecule has 1 aromatic carbocycles. The van der Waals surface area contributed by atoms with Crippen molar-refractivity contribution >= 4 is 29.3 Å². The van der Waals surface area contributed by atoms with Gasteiger partial charge in [0.15, 0.2) is 0 Å². The number of carbonyl (C=O) groups excluding carboxylic acids is 2. The number of hydrogen-bond acceptors (Lipinski definition) is 7. The van der Waals surface area contributed by atoms with E-state index < -0.39 is 41.1 Å². The number of amides is 2. The molecule has 2 saturated heterocycles. The number of fused-ring (bicyclic) bond motifs is 6. The van der Waals surface area contributed by atoms with E-state index in [0.29, 0.717) is 29.3 Å². The van der Waals surface area contributed by atoms with Crippen LogP contribution in [0.15, 0.2) is 35.9 Å². The predicted molar refractivity (Wildman–Crippen MR) is 143 cm³/mol.